The number of ether oxygens (including phenoxy) is 2. The minimum atomic E-state index is -0.358. The zero-order valence-corrected chi connectivity index (χ0v) is 11.2. The van der Waals surface area contributed by atoms with Crippen LogP contribution in [0.15, 0.2) is 6.20 Å². The number of carbonyl (C=O) groups is 2. The van der Waals surface area contributed by atoms with Crippen LogP contribution in [-0.2, 0) is 38.5 Å². The molecule has 19 heavy (non-hydrogen) atoms. The van der Waals surface area contributed by atoms with Gasteiger partial charge in [-0.1, -0.05) is 0 Å². The Bertz CT molecular complexity index is 438. The maximum absolute atomic E-state index is 11.3. The molecule has 0 bridgehead atoms. The minimum Gasteiger partial charge on any atom is -0.469 e. The summed E-state index contributed by atoms with van der Waals surface area (Å²) in [5.41, 5.74) is 2.27. The van der Waals surface area contributed by atoms with Crippen LogP contribution in [0.4, 0.5) is 0 Å². The SMILES string of the molecule is COC(=O)CCCc1c[nH]c(CO)c1CC(=O)OC. The number of rotatable bonds is 7. The zero-order chi connectivity index (χ0) is 14.3. The molecule has 0 aromatic carbocycles. The predicted octanol–water partition coefficient (Wildman–Crippen LogP) is 0.718. The van der Waals surface area contributed by atoms with E-state index < -0.39 is 0 Å². The third-order valence-corrected chi connectivity index (χ3v) is 2.93. The van der Waals surface area contributed by atoms with Crippen molar-refractivity contribution in [3.63, 3.8) is 0 Å². The number of hydrogen-bond donors (Lipinski definition) is 2. The van der Waals surface area contributed by atoms with Crippen LogP contribution in [0, 0.1) is 0 Å². The molecule has 1 rings (SSSR count). The molecule has 6 heteroatoms. The van der Waals surface area contributed by atoms with E-state index in [9.17, 15) is 14.7 Å². The van der Waals surface area contributed by atoms with Crippen molar-refractivity contribution in [2.75, 3.05) is 14.2 Å². The van der Waals surface area contributed by atoms with Crippen LogP contribution in [0.2, 0.25) is 0 Å². The van der Waals surface area contributed by atoms with Gasteiger partial charge in [0.15, 0.2) is 0 Å². The fourth-order valence-corrected chi connectivity index (χ4v) is 1.87. The monoisotopic (exact) mass is 269 g/mol. The molecule has 0 unspecified atom stereocenters. The first-order valence-electron chi connectivity index (χ1n) is 6.04. The van der Waals surface area contributed by atoms with Gasteiger partial charge in [-0.05, 0) is 24.0 Å². The summed E-state index contributed by atoms with van der Waals surface area (Å²) >= 11 is 0. The van der Waals surface area contributed by atoms with Crippen molar-refractivity contribution in [3.05, 3.63) is 23.0 Å². The van der Waals surface area contributed by atoms with Crippen molar-refractivity contribution in [3.8, 4) is 0 Å². The number of aryl methyl sites for hydroxylation is 1. The zero-order valence-electron chi connectivity index (χ0n) is 11.2. The maximum Gasteiger partial charge on any atom is 0.310 e. The van der Waals surface area contributed by atoms with E-state index in [0.29, 0.717) is 25.0 Å². The van der Waals surface area contributed by atoms with Crippen molar-refractivity contribution in [1.29, 1.82) is 0 Å². The molecule has 0 radical (unpaired) electrons. The fraction of sp³-hybridized carbons (Fsp3) is 0.538. The number of esters is 2. The van der Waals surface area contributed by atoms with Crippen LogP contribution >= 0.6 is 0 Å². The number of aromatic amines is 1. The van der Waals surface area contributed by atoms with E-state index in [-0.39, 0.29) is 25.0 Å². The van der Waals surface area contributed by atoms with Crippen LogP contribution < -0.4 is 0 Å². The second kappa shape index (κ2) is 7.58. The molecular weight excluding hydrogens is 250 g/mol. The molecule has 1 aromatic rings. The molecule has 0 aliphatic rings. The van der Waals surface area contributed by atoms with E-state index in [0.717, 1.165) is 11.1 Å². The van der Waals surface area contributed by atoms with Crippen molar-refractivity contribution in [2.45, 2.75) is 32.3 Å². The van der Waals surface area contributed by atoms with Gasteiger partial charge in [0, 0.05) is 18.3 Å². The Morgan fingerprint density at radius 2 is 1.95 bits per heavy atom. The summed E-state index contributed by atoms with van der Waals surface area (Å²) in [5, 5.41) is 9.21. The topological polar surface area (TPSA) is 88.6 Å². The van der Waals surface area contributed by atoms with Crippen LogP contribution in [0.5, 0.6) is 0 Å². The van der Waals surface area contributed by atoms with Gasteiger partial charge < -0.3 is 19.6 Å². The second-order valence-corrected chi connectivity index (χ2v) is 4.11. The second-order valence-electron chi connectivity index (χ2n) is 4.11. The summed E-state index contributed by atoms with van der Waals surface area (Å²) in [6.45, 7) is -0.163. The van der Waals surface area contributed by atoms with Gasteiger partial charge in [-0.2, -0.15) is 0 Å². The quantitative estimate of drug-likeness (QED) is 0.712. The lowest BCUT2D eigenvalue weighted by atomic mass is 10.0. The van der Waals surface area contributed by atoms with E-state index in [1.165, 1.54) is 14.2 Å². The lowest BCUT2D eigenvalue weighted by Gasteiger charge is -2.05. The number of hydrogen-bond acceptors (Lipinski definition) is 5. The number of aliphatic hydroxyl groups is 1. The van der Waals surface area contributed by atoms with E-state index in [4.69, 9.17) is 0 Å². The molecule has 0 saturated heterocycles. The Balaban J connectivity index is 2.69. The molecule has 0 amide bonds. The highest BCUT2D eigenvalue weighted by atomic mass is 16.5. The number of H-pyrrole nitrogens is 1. The molecule has 0 aliphatic carbocycles. The van der Waals surface area contributed by atoms with Crippen molar-refractivity contribution < 1.29 is 24.2 Å². The third kappa shape index (κ3) is 4.40. The summed E-state index contributed by atoms with van der Waals surface area (Å²) in [6.07, 6.45) is 3.46. The Labute approximate surface area is 111 Å². The van der Waals surface area contributed by atoms with Crippen LogP contribution in [0.3, 0.4) is 0 Å². The maximum atomic E-state index is 11.3. The van der Waals surface area contributed by atoms with Gasteiger partial charge in [0.1, 0.15) is 0 Å². The summed E-state index contributed by atoms with van der Waals surface area (Å²) < 4.78 is 9.20. The molecule has 0 aliphatic heterocycles. The largest absolute Gasteiger partial charge is 0.469 e. The number of aromatic nitrogens is 1. The van der Waals surface area contributed by atoms with Gasteiger partial charge in [0.2, 0.25) is 0 Å². The molecule has 6 nitrogen and oxygen atoms in total. The van der Waals surface area contributed by atoms with Crippen molar-refractivity contribution in [1.82, 2.24) is 4.98 Å². The van der Waals surface area contributed by atoms with Gasteiger partial charge in [-0.25, -0.2) is 0 Å². The summed E-state index contributed by atoms with van der Waals surface area (Å²) in [5.74, 6) is -0.615. The van der Waals surface area contributed by atoms with E-state index >= 15 is 0 Å². The summed E-state index contributed by atoms with van der Waals surface area (Å²) in [6, 6.07) is 0. The fourth-order valence-electron chi connectivity index (χ4n) is 1.87. The third-order valence-electron chi connectivity index (χ3n) is 2.93. The van der Waals surface area contributed by atoms with Gasteiger partial charge in [0.25, 0.3) is 0 Å². The first kappa shape index (κ1) is 15.2. The lowest BCUT2D eigenvalue weighted by Crippen LogP contribution is -2.08. The van der Waals surface area contributed by atoms with Crippen molar-refractivity contribution >= 4 is 11.9 Å². The first-order valence-corrected chi connectivity index (χ1v) is 6.04. The number of aliphatic hydroxyl groups excluding tert-OH is 1. The average Bonchev–Trinajstić information content (AvgIpc) is 2.80. The lowest BCUT2D eigenvalue weighted by molar-refractivity contribution is -0.141. The van der Waals surface area contributed by atoms with E-state index in [2.05, 4.69) is 14.5 Å². The van der Waals surface area contributed by atoms with Gasteiger partial charge in [-0.15, -0.1) is 0 Å². The normalized spacial score (nSPS) is 10.3. The Kier molecular flexibility index (Phi) is 6.08. The average molecular weight is 269 g/mol. The Morgan fingerprint density at radius 3 is 2.53 bits per heavy atom. The molecule has 1 aromatic heterocycles. The van der Waals surface area contributed by atoms with Gasteiger partial charge >= 0.3 is 11.9 Å². The van der Waals surface area contributed by atoms with Crippen LogP contribution in [0.25, 0.3) is 0 Å². The molecular formula is C13H19NO5. The smallest absolute Gasteiger partial charge is 0.310 e. The van der Waals surface area contributed by atoms with Gasteiger partial charge in [0.05, 0.1) is 27.2 Å². The molecule has 0 atom stereocenters. The summed E-state index contributed by atoms with van der Waals surface area (Å²) in [4.78, 5) is 25.3. The molecule has 0 fully saturated rings. The van der Waals surface area contributed by atoms with Crippen LogP contribution in [-0.4, -0.2) is 36.2 Å². The van der Waals surface area contributed by atoms with Gasteiger partial charge in [-0.3, -0.25) is 9.59 Å². The number of carbonyl (C=O) groups excluding carboxylic acids is 2. The molecule has 2 N–H and O–H groups in total. The van der Waals surface area contributed by atoms with Crippen molar-refractivity contribution in [2.24, 2.45) is 0 Å². The minimum absolute atomic E-state index is 0.115. The van der Waals surface area contributed by atoms with Crippen LogP contribution in [0.1, 0.15) is 29.7 Å². The highest BCUT2D eigenvalue weighted by Gasteiger charge is 2.15. The van der Waals surface area contributed by atoms with E-state index in [1.807, 2.05) is 0 Å². The molecule has 1 heterocycles. The summed E-state index contributed by atoms with van der Waals surface area (Å²) in [7, 11) is 2.68. The molecule has 0 spiro atoms. The first-order chi connectivity index (χ1) is 9.12. The standard InChI is InChI=1S/C13H19NO5/c1-18-12(16)5-3-4-9-7-14-11(8-15)10(9)6-13(17)19-2/h7,14-15H,3-6,8H2,1-2H3. The molecule has 0 saturated carbocycles. The molecule has 106 valence electrons. The van der Waals surface area contributed by atoms with E-state index in [1.54, 1.807) is 6.20 Å². The highest BCUT2D eigenvalue weighted by Crippen LogP contribution is 2.18. The number of methoxy groups -OCH3 is 2. The predicted molar refractivity (Wildman–Crippen MR) is 67.4 cm³/mol. The number of nitrogens with one attached hydrogen (secondary N) is 1. The Morgan fingerprint density at radius 1 is 1.26 bits per heavy atom. The highest BCUT2D eigenvalue weighted by molar-refractivity contribution is 5.73. The Hall–Kier alpha value is -1.82.